The predicted molar refractivity (Wildman–Crippen MR) is 93.3 cm³/mol. The second kappa shape index (κ2) is 6.61. The summed E-state index contributed by atoms with van der Waals surface area (Å²) in [6, 6.07) is 5.94. The van der Waals surface area contributed by atoms with Crippen LogP contribution in [0.15, 0.2) is 29.6 Å². The molecule has 3 N–H and O–H groups in total. The van der Waals surface area contributed by atoms with E-state index < -0.39 is 11.7 Å². The zero-order valence-corrected chi connectivity index (χ0v) is 14.2. The molecule has 24 heavy (non-hydrogen) atoms. The Labute approximate surface area is 142 Å². The number of H-pyrrole nitrogens is 1. The van der Waals surface area contributed by atoms with Crippen LogP contribution in [0.3, 0.4) is 0 Å². The summed E-state index contributed by atoms with van der Waals surface area (Å²) in [5.74, 6) is 0. The molecule has 0 radical (unpaired) electrons. The first-order valence-electron chi connectivity index (χ1n) is 7.88. The van der Waals surface area contributed by atoms with Crippen molar-refractivity contribution in [1.82, 2.24) is 4.98 Å². The first kappa shape index (κ1) is 17.0. The molecular weight excluding hydrogens is 333 g/mol. The Balaban J connectivity index is 2.16. The molecule has 0 amide bonds. The molecule has 128 valence electrons. The lowest BCUT2D eigenvalue weighted by Gasteiger charge is -2.08. The number of unbranched alkanes of at least 4 members (excludes halogenated alkanes) is 1. The van der Waals surface area contributed by atoms with Crippen molar-refractivity contribution in [1.29, 1.82) is 0 Å². The van der Waals surface area contributed by atoms with Gasteiger partial charge in [-0.2, -0.15) is 13.2 Å². The molecule has 3 aromatic rings. The molecule has 0 bridgehead atoms. The fourth-order valence-corrected chi connectivity index (χ4v) is 3.91. The van der Waals surface area contributed by atoms with Crippen molar-refractivity contribution in [3.63, 3.8) is 0 Å². The Morgan fingerprint density at radius 3 is 2.58 bits per heavy atom. The number of thiophene rings is 1. The summed E-state index contributed by atoms with van der Waals surface area (Å²) in [7, 11) is 0. The number of halogens is 3. The van der Waals surface area contributed by atoms with E-state index in [-0.39, 0.29) is 0 Å². The maximum atomic E-state index is 13.1. The van der Waals surface area contributed by atoms with Crippen LogP contribution in [-0.4, -0.2) is 11.5 Å². The van der Waals surface area contributed by atoms with Gasteiger partial charge in [0.05, 0.1) is 16.1 Å². The van der Waals surface area contributed by atoms with Crippen molar-refractivity contribution in [2.24, 2.45) is 5.73 Å². The van der Waals surface area contributed by atoms with Gasteiger partial charge in [-0.05, 0) is 73.5 Å². The van der Waals surface area contributed by atoms with Gasteiger partial charge in [-0.15, -0.1) is 11.3 Å². The van der Waals surface area contributed by atoms with Crippen LogP contribution < -0.4 is 5.73 Å². The summed E-state index contributed by atoms with van der Waals surface area (Å²) >= 11 is 1.60. The number of nitrogens with two attached hydrogens (primary N) is 1. The second-order valence-corrected chi connectivity index (χ2v) is 6.83. The highest BCUT2D eigenvalue weighted by molar-refractivity contribution is 7.13. The highest BCUT2D eigenvalue weighted by Gasteiger charge is 2.31. The molecule has 2 heterocycles. The molecule has 0 atom stereocenters. The second-order valence-electron chi connectivity index (χ2n) is 5.92. The SMILES string of the molecule is Cc1ccsc1-c1[nH]c2ccc(C(F)(F)F)cc2c1CCCCN. The van der Waals surface area contributed by atoms with Crippen LogP contribution >= 0.6 is 11.3 Å². The molecule has 2 aromatic heterocycles. The fraction of sp³-hybridized carbons (Fsp3) is 0.333. The highest BCUT2D eigenvalue weighted by Crippen LogP contribution is 2.38. The Morgan fingerprint density at radius 2 is 1.96 bits per heavy atom. The lowest BCUT2D eigenvalue weighted by molar-refractivity contribution is -0.137. The van der Waals surface area contributed by atoms with Gasteiger partial charge in [0.25, 0.3) is 0 Å². The van der Waals surface area contributed by atoms with E-state index in [1.807, 2.05) is 18.4 Å². The van der Waals surface area contributed by atoms with Gasteiger partial charge < -0.3 is 10.7 Å². The van der Waals surface area contributed by atoms with Gasteiger partial charge in [0.1, 0.15) is 0 Å². The van der Waals surface area contributed by atoms with E-state index in [0.29, 0.717) is 18.4 Å². The number of rotatable bonds is 5. The standard InChI is InChI=1S/C18H19F3N2S/c1-11-7-9-24-17(11)16-13(4-2-3-8-22)14-10-12(18(19,20)21)5-6-15(14)23-16/h5-7,9-10,23H,2-4,8,22H2,1H3. The monoisotopic (exact) mass is 352 g/mol. The minimum Gasteiger partial charge on any atom is -0.354 e. The normalized spacial score (nSPS) is 12.2. The number of hydrogen-bond acceptors (Lipinski definition) is 2. The largest absolute Gasteiger partial charge is 0.416 e. The molecule has 0 unspecified atom stereocenters. The van der Waals surface area contributed by atoms with E-state index in [4.69, 9.17) is 5.73 Å². The lowest BCUT2D eigenvalue weighted by Crippen LogP contribution is -2.04. The summed E-state index contributed by atoms with van der Waals surface area (Å²) in [6.07, 6.45) is -1.91. The number of aromatic amines is 1. The van der Waals surface area contributed by atoms with Crippen molar-refractivity contribution in [3.05, 3.63) is 46.3 Å². The molecule has 0 saturated carbocycles. The summed E-state index contributed by atoms with van der Waals surface area (Å²) in [5.41, 5.74) is 8.72. The van der Waals surface area contributed by atoms with Crippen LogP contribution in [-0.2, 0) is 12.6 Å². The third-order valence-corrected chi connectivity index (χ3v) is 5.24. The third kappa shape index (κ3) is 3.21. The number of aryl methyl sites for hydroxylation is 2. The van der Waals surface area contributed by atoms with Crippen LogP contribution in [0.5, 0.6) is 0 Å². The number of fused-ring (bicyclic) bond motifs is 1. The van der Waals surface area contributed by atoms with Gasteiger partial charge >= 0.3 is 6.18 Å². The Bertz CT molecular complexity index is 846. The summed E-state index contributed by atoms with van der Waals surface area (Å²) < 4.78 is 39.2. The van der Waals surface area contributed by atoms with E-state index >= 15 is 0 Å². The summed E-state index contributed by atoms with van der Waals surface area (Å²) in [6.45, 7) is 2.60. The van der Waals surface area contributed by atoms with Gasteiger partial charge in [0.15, 0.2) is 0 Å². The van der Waals surface area contributed by atoms with Crippen LogP contribution in [0.2, 0.25) is 0 Å². The molecule has 0 aliphatic carbocycles. The zero-order valence-electron chi connectivity index (χ0n) is 13.3. The molecule has 0 aliphatic heterocycles. The van der Waals surface area contributed by atoms with E-state index in [1.54, 1.807) is 11.3 Å². The van der Waals surface area contributed by atoms with Gasteiger partial charge in [-0.3, -0.25) is 0 Å². The van der Waals surface area contributed by atoms with E-state index in [1.165, 1.54) is 12.1 Å². The average molecular weight is 352 g/mol. The van der Waals surface area contributed by atoms with Crippen LogP contribution in [0.4, 0.5) is 13.2 Å². The molecule has 6 heteroatoms. The predicted octanol–water partition coefficient (Wildman–Crippen LogP) is 5.51. The van der Waals surface area contributed by atoms with Crippen molar-refractivity contribution < 1.29 is 13.2 Å². The molecule has 2 nitrogen and oxygen atoms in total. The van der Waals surface area contributed by atoms with Crippen molar-refractivity contribution >= 4 is 22.2 Å². The summed E-state index contributed by atoms with van der Waals surface area (Å²) in [5, 5.41) is 2.66. The number of alkyl halides is 3. The number of benzene rings is 1. The molecule has 0 saturated heterocycles. The smallest absolute Gasteiger partial charge is 0.354 e. The van der Waals surface area contributed by atoms with Gasteiger partial charge in [-0.1, -0.05) is 0 Å². The zero-order chi connectivity index (χ0) is 17.3. The van der Waals surface area contributed by atoms with Crippen molar-refractivity contribution in [2.75, 3.05) is 6.54 Å². The molecule has 0 spiro atoms. The first-order chi connectivity index (χ1) is 11.4. The highest BCUT2D eigenvalue weighted by atomic mass is 32.1. The average Bonchev–Trinajstić information content (AvgIpc) is 3.09. The minimum absolute atomic E-state index is 0.587. The number of aromatic nitrogens is 1. The molecular formula is C18H19F3N2S. The van der Waals surface area contributed by atoms with Gasteiger partial charge in [-0.25, -0.2) is 0 Å². The Morgan fingerprint density at radius 1 is 1.17 bits per heavy atom. The minimum atomic E-state index is -4.33. The molecule has 1 aromatic carbocycles. The Kier molecular flexibility index (Phi) is 4.69. The van der Waals surface area contributed by atoms with Crippen molar-refractivity contribution in [3.8, 4) is 10.6 Å². The van der Waals surface area contributed by atoms with Crippen LogP contribution in [0.25, 0.3) is 21.5 Å². The van der Waals surface area contributed by atoms with E-state index in [0.717, 1.165) is 46.1 Å². The maximum Gasteiger partial charge on any atom is 0.416 e. The van der Waals surface area contributed by atoms with E-state index in [2.05, 4.69) is 4.98 Å². The molecule has 3 rings (SSSR count). The van der Waals surface area contributed by atoms with E-state index in [9.17, 15) is 13.2 Å². The quantitative estimate of drug-likeness (QED) is 0.585. The van der Waals surface area contributed by atoms with Gasteiger partial charge in [0.2, 0.25) is 0 Å². The van der Waals surface area contributed by atoms with Crippen molar-refractivity contribution in [2.45, 2.75) is 32.4 Å². The number of hydrogen-bond donors (Lipinski definition) is 2. The topological polar surface area (TPSA) is 41.8 Å². The number of nitrogens with one attached hydrogen (secondary N) is 1. The van der Waals surface area contributed by atoms with Gasteiger partial charge in [0, 0.05) is 10.9 Å². The fourth-order valence-electron chi connectivity index (χ4n) is 2.95. The third-order valence-electron chi connectivity index (χ3n) is 4.20. The van der Waals surface area contributed by atoms with Crippen LogP contribution in [0, 0.1) is 6.92 Å². The molecule has 0 fully saturated rings. The molecule has 0 aliphatic rings. The Hall–Kier alpha value is -1.79. The maximum absolute atomic E-state index is 13.1. The first-order valence-corrected chi connectivity index (χ1v) is 8.76. The summed E-state index contributed by atoms with van der Waals surface area (Å²) in [4.78, 5) is 4.41. The van der Waals surface area contributed by atoms with Crippen LogP contribution in [0.1, 0.15) is 29.5 Å². The lowest BCUT2D eigenvalue weighted by atomic mass is 10.0.